The molecule has 0 radical (unpaired) electrons. The third kappa shape index (κ3) is 2.96. The number of hydrogen-bond donors (Lipinski definition) is 1. The van der Waals surface area contributed by atoms with Crippen LogP contribution in [0.15, 0.2) is 0 Å². The summed E-state index contributed by atoms with van der Waals surface area (Å²) in [5.74, 6) is 0. The molecule has 74 valence electrons. The van der Waals surface area contributed by atoms with Gasteiger partial charge in [-0.15, -0.1) is 0 Å². The molecule has 1 heterocycles. The molecule has 13 heavy (non-hydrogen) atoms. The Labute approximate surface area is 78.7 Å². The van der Waals surface area contributed by atoms with E-state index in [-0.39, 0.29) is 12.1 Å². The van der Waals surface area contributed by atoms with E-state index in [1.165, 1.54) is 0 Å². The summed E-state index contributed by atoms with van der Waals surface area (Å²) >= 11 is 0. The monoisotopic (exact) mass is 184 g/mol. The molecule has 1 aliphatic heterocycles. The second kappa shape index (κ2) is 5.18. The Hall–Kier alpha value is -0.630. The smallest absolute Gasteiger partial charge is 0.122 e. The Balaban J connectivity index is 2.41. The normalized spacial score (nSPS) is 26.7. The van der Waals surface area contributed by atoms with Gasteiger partial charge in [-0.05, 0) is 6.42 Å². The quantitative estimate of drug-likeness (QED) is 0.670. The van der Waals surface area contributed by atoms with Crippen LogP contribution in [0.3, 0.4) is 0 Å². The van der Waals surface area contributed by atoms with E-state index in [1.807, 2.05) is 11.8 Å². The molecule has 1 fully saturated rings. The van der Waals surface area contributed by atoms with E-state index < -0.39 is 0 Å². The van der Waals surface area contributed by atoms with Crippen LogP contribution in [0.4, 0.5) is 0 Å². The van der Waals surface area contributed by atoms with Crippen LogP contribution < -0.4 is 0 Å². The van der Waals surface area contributed by atoms with Crippen molar-refractivity contribution in [1.82, 2.24) is 4.90 Å². The Morgan fingerprint density at radius 3 is 3.15 bits per heavy atom. The average molecular weight is 184 g/mol. The van der Waals surface area contributed by atoms with E-state index in [0.717, 1.165) is 13.0 Å². The van der Waals surface area contributed by atoms with Crippen LogP contribution in [0, 0.1) is 11.3 Å². The number of nitrogens with zero attached hydrogens (tertiary/aromatic N) is 2. The van der Waals surface area contributed by atoms with Crippen LogP contribution in [-0.2, 0) is 4.74 Å². The molecule has 0 aromatic carbocycles. The lowest BCUT2D eigenvalue weighted by atomic mass is 10.2. The van der Waals surface area contributed by atoms with Gasteiger partial charge < -0.3 is 9.84 Å². The van der Waals surface area contributed by atoms with E-state index in [9.17, 15) is 5.11 Å². The molecule has 4 heteroatoms. The van der Waals surface area contributed by atoms with Gasteiger partial charge in [0, 0.05) is 13.1 Å². The zero-order chi connectivity index (χ0) is 9.68. The Morgan fingerprint density at radius 1 is 1.77 bits per heavy atom. The average Bonchev–Trinajstić information content (AvgIpc) is 2.18. The predicted octanol–water partition coefficient (Wildman–Crippen LogP) is -0.0183. The van der Waals surface area contributed by atoms with Gasteiger partial charge in [0.05, 0.1) is 25.4 Å². The Morgan fingerprint density at radius 2 is 2.54 bits per heavy atom. The van der Waals surface area contributed by atoms with Gasteiger partial charge in [0.25, 0.3) is 0 Å². The number of aliphatic hydroxyl groups excluding tert-OH is 1. The molecule has 0 spiro atoms. The molecule has 1 aliphatic rings. The van der Waals surface area contributed by atoms with Crippen molar-refractivity contribution in [3.63, 3.8) is 0 Å². The third-order valence-electron chi connectivity index (χ3n) is 2.30. The fraction of sp³-hybridized carbons (Fsp3) is 0.889. The number of nitriles is 1. The van der Waals surface area contributed by atoms with Gasteiger partial charge in [-0.1, -0.05) is 6.92 Å². The molecule has 0 aromatic rings. The molecule has 0 aromatic heterocycles. The highest BCUT2D eigenvalue weighted by molar-refractivity contribution is 4.94. The standard InChI is InChI=1S/C9H16N2O2/c1-2-9(12)6-11-3-4-13-7-8(11)5-10/h8-9,12H,2-4,6-7H2,1H3/t8?,9-/m0/s1. The van der Waals surface area contributed by atoms with Crippen molar-refractivity contribution >= 4 is 0 Å². The summed E-state index contributed by atoms with van der Waals surface area (Å²) in [6.45, 7) is 4.39. The number of rotatable bonds is 3. The molecule has 4 nitrogen and oxygen atoms in total. The topological polar surface area (TPSA) is 56.5 Å². The maximum Gasteiger partial charge on any atom is 0.122 e. The highest BCUT2D eigenvalue weighted by Gasteiger charge is 2.23. The number of hydrogen-bond acceptors (Lipinski definition) is 4. The predicted molar refractivity (Wildman–Crippen MR) is 48.1 cm³/mol. The summed E-state index contributed by atoms with van der Waals surface area (Å²) in [7, 11) is 0. The van der Waals surface area contributed by atoms with E-state index in [4.69, 9.17) is 10.00 Å². The zero-order valence-electron chi connectivity index (χ0n) is 7.94. The first-order chi connectivity index (χ1) is 6.27. The lowest BCUT2D eigenvalue weighted by molar-refractivity contribution is -0.00835. The Kier molecular flexibility index (Phi) is 4.16. The van der Waals surface area contributed by atoms with E-state index in [2.05, 4.69) is 6.07 Å². The first-order valence-corrected chi connectivity index (χ1v) is 4.67. The van der Waals surface area contributed by atoms with Crippen LogP contribution in [-0.4, -0.2) is 48.5 Å². The highest BCUT2D eigenvalue weighted by Crippen LogP contribution is 2.07. The summed E-state index contributed by atoms with van der Waals surface area (Å²) < 4.78 is 5.17. The number of ether oxygens (including phenoxy) is 1. The van der Waals surface area contributed by atoms with Crippen LogP contribution in [0.5, 0.6) is 0 Å². The molecule has 0 saturated carbocycles. The summed E-state index contributed by atoms with van der Waals surface area (Å²) in [6.07, 6.45) is 0.407. The number of aliphatic hydroxyl groups is 1. The second-order valence-corrected chi connectivity index (χ2v) is 3.28. The fourth-order valence-corrected chi connectivity index (χ4v) is 1.38. The highest BCUT2D eigenvalue weighted by atomic mass is 16.5. The number of β-amino-alcohol motifs (C(OH)–C–C–N with tert-alkyl or cyclic N) is 1. The molecule has 0 bridgehead atoms. The maximum atomic E-state index is 9.43. The zero-order valence-corrected chi connectivity index (χ0v) is 7.94. The molecule has 0 amide bonds. The first kappa shape index (κ1) is 10.5. The Bertz CT molecular complexity index is 191. The van der Waals surface area contributed by atoms with Gasteiger partial charge >= 0.3 is 0 Å². The fourth-order valence-electron chi connectivity index (χ4n) is 1.38. The minimum Gasteiger partial charge on any atom is -0.392 e. The minimum absolute atomic E-state index is 0.185. The molecule has 2 atom stereocenters. The van der Waals surface area contributed by atoms with Crippen LogP contribution in [0.25, 0.3) is 0 Å². The van der Waals surface area contributed by atoms with Crippen molar-refractivity contribution < 1.29 is 9.84 Å². The van der Waals surface area contributed by atoms with E-state index >= 15 is 0 Å². The largest absolute Gasteiger partial charge is 0.392 e. The summed E-state index contributed by atoms with van der Waals surface area (Å²) in [5.41, 5.74) is 0. The van der Waals surface area contributed by atoms with Crippen molar-refractivity contribution in [3.8, 4) is 6.07 Å². The van der Waals surface area contributed by atoms with Gasteiger partial charge in [-0.25, -0.2) is 0 Å². The summed E-state index contributed by atoms with van der Waals surface area (Å²) in [5, 5.41) is 18.2. The second-order valence-electron chi connectivity index (χ2n) is 3.28. The molecule has 1 N–H and O–H groups in total. The molecular formula is C9H16N2O2. The van der Waals surface area contributed by atoms with Crippen molar-refractivity contribution in [3.05, 3.63) is 0 Å². The SMILES string of the molecule is CC[C@H](O)CN1CCOCC1C#N. The minimum atomic E-state index is -0.325. The lowest BCUT2D eigenvalue weighted by Gasteiger charge is -2.32. The van der Waals surface area contributed by atoms with E-state index in [1.54, 1.807) is 0 Å². The third-order valence-corrected chi connectivity index (χ3v) is 2.30. The van der Waals surface area contributed by atoms with Crippen molar-refractivity contribution in [2.45, 2.75) is 25.5 Å². The van der Waals surface area contributed by atoms with E-state index in [0.29, 0.717) is 19.8 Å². The van der Waals surface area contributed by atoms with Crippen molar-refractivity contribution in [2.24, 2.45) is 0 Å². The van der Waals surface area contributed by atoms with Gasteiger partial charge in [-0.2, -0.15) is 5.26 Å². The maximum absolute atomic E-state index is 9.43. The van der Waals surface area contributed by atoms with Gasteiger partial charge in [0.1, 0.15) is 6.04 Å². The van der Waals surface area contributed by atoms with Crippen LogP contribution in [0.2, 0.25) is 0 Å². The van der Waals surface area contributed by atoms with Crippen molar-refractivity contribution in [1.29, 1.82) is 5.26 Å². The number of morpholine rings is 1. The van der Waals surface area contributed by atoms with Gasteiger partial charge in [0.15, 0.2) is 0 Å². The van der Waals surface area contributed by atoms with Gasteiger partial charge in [0.2, 0.25) is 0 Å². The molecule has 0 aliphatic carbocycles. The summed E-state index contributed by atoms with van der Waals surface area (Å²) in [6, 6.07) is 1.99. The first-order valence-electron chi connectivity index (χ1n) is 4.67. The molecule has 1 saturated heterocycles. The van der Waals surface area contributed by atoms with Crippen LogP contribution >= 0.6 is 0 Å². The molecule has 1 rings (SSSR count). The lowest BCUT2D eigenvalue weighted by Crippen LogP contribution is -2.47. The molecule has 1 unspecified atom stereocenters. The summed E-state index contributed by atoms with van der Waals surface area (Å²) in [4.78, 5) is 1.98. The van der Waals surface area contributed by atoms with Gasteiger partial charge in [-0.3, -0.25) is 4.90 Å². The van der Waals surface area contributed by atoms with Crippen molar-refractivity contribution in [2.75, 3.05) is 26.3 Å². The van der Waals surface area contributed by atoms with Crippen LogP contribution in [0.1, 0.15) is 13.3 Å². The molecular weight excluding hydrogens is 168 g/mol.